The van der Waals surface area contributed by atoms with Crippen molar-refractivity contribution in [3.63, 3.8) is 0 Å². The van der Waals surface area contributed by atoms with Crippen LogP contribution in [0.4, 0.5) is 0 Å². The summed E-state index contributed by atoms with van der Waals surface area (Å²) < 4.78 is 4.85. The van der Waals surface area contributed by atoms with Gasteiger partial charge in [-0.3, -0.25) is 0 Å². The van der Waals surface area contributed by atoms with E-state index in [1.165, 1.54) is 13.3 Å². The van der Waals surface area contributed by atoms with E-state index in [-0.39, 0.29) is 0 Å². The van der Waals surface area contributed by atoms with Crippen molar-refractivity contribution in [3.8, 4) is 18.2 Å². The maximum atomic E-state index is 5.69. The SMILES string of the molecule is C#Cc1cc(OC)ncc1Cl. The fraction of sp³-hybridized carbons (Fsp3) is 0.125. The summed E-state index contributed by atoms with van der Waals surface area (Å²) in [5.74, 6) is 2.89. The lowest BCUT2D eigenvalue weighted by molar-refractivity contribution is 0.398. The Morgan fingerprint density at radius 1 is 1.73 bits per heavy atom. The van der Waals surface area contributed by atoms with E-state index >= 15 is 0 Å². The normalized spacial score (nSPS) is 8.82. The molecule has 0 N–H and O–H groups in total. The summed E-state index contributed by atoms with van der Waals surface area (Å²) in [7, 11) is 1.52. The number of ether oxygens (including phenoxy) is 1. The van der Waals surface area contributed by atoms with Crippen LogP contribution in [-0.2, 0) is 0 Å². The van der Waals surface area contributed by atoms with Crippen LogP contribution in [0.5, 0.6) is 5.88 Å². The molecule has 3 heteroatoms. The molecule has 0 radical (unpaired) electrons. The first-order valence-corrected chi connectivity index (χ1v) is 3.32. The molecule has 1 aromatic rings. The number of hydrogen-bond acceptors (Lipinski definition) is 2. The van der Waals surface area contributed by atoms with E-state index in [9.17, 15) is 0 Å². The van der Waals surface area contributed by atoms with Gasteiger partial charge < -0.3 is 4.74 Å². The van der Waals surface area contributed by atoms with Gasteiger partial charge in [-0.1, -0.05) is 17.5 Å². The Balaban J connectivity index is 3.15. The van der Waals surface area contributed by atoms with Gasteiger partial charge in [0.2, 0.25) is 5.88 Å². The highest BCUT2D eigenvalue weighted by Crippen LogP contribution is 2.17. The summed E-state index contributed by atoms with van der Waals surface area (Å²) in [6, 6.07) is 1.61. The summed E-state index contributed by atoms with van der Waals surface area (Å²) in [5.41, 5.74) is 0.596. The van der Waals surface area contributed by atoms with E-state index in [4.69, 9.17) is 22.8 Å². The number of hydrogen-bond donors (Lipinski definition) is 0. The molecule has 0 aromatic carbocycles. The first-order chi connectivity index (χ1) is 5.27. The molecule has 0 bridgehead atoms. The van der Waals surface area contributed by atoms with E-state index in [1.807, 2.05) is 0 Å². The molecule has 1 rings (SSSR count). The molecule has 11 heavy (non-hydrogen) atoms. The smallest absolute Gasteiger partial charge is 0.214 e. The van der Waals surface area contributed by atoms with Gasteiger partial charge in [0.05, 0.1) is 18.3 Å². The monoisotopic (exact) mass is 167 g/mol. The number of pyridine rings is 1. The Labute approximate surface area is 70.2 Å². The molecule has 1 heterocycles. The summed E-state index contributed by atoms with van der Waals surface area (Å²) in [5, 5.41) is 0.466. The molecule has 0 spiro atoms. The van der Waals surface area contributed by atoms with Crippen LogP contribution in [0, 0.1) is 12.3 Å². The van der Waals surface area contributed by atoms with Gasteiger partial charge in [-0.2, -0.15) is 0 Å². The van der Waals surface area contributed by atoms with Gasteiger partial charge in [-0.15, -0.1) is 6.42 Å². The van der Waals surface area contributed by atoms with E-state index in [0.717, 1.165) is 0 Å². The van der Waals surface area contributed by atoms with Gasteiger partial charge in [0, 0.05) is 11.6 Å². The Kier molecular flexibility index (Phi) is 2.35. The topological polar surface area (TPSA) is 22.1 Å². The predicted molar refractivity (Wildman–Crippen MR) is 43.7 cm³/mol. The van der Waals surface area contributed by atoms with Crippen LogP contribution in [0.2, 0.25) is 5.02 Å². The maximum Gasteiger partial charge on any atom is 0.214 e. The van der Waals surface area contributed by atoms with Gasteiger partial charge in [-0.25, -0.2) is 4.98 Å². The quantitative estimate of drug-likeness (QED) is 0.595. The van der Waals surface area contributed by atoms with Crippen molar-refractivity contribution >= 4 is 11.6 Å². The summed E-state index contributed by atoms with van der Waals surface area (Å²) in [6.07, 6.45) is 6.62. The summed E-state index contributed by atoms with van der Waals surface area (Å²) in [4.78, 5) is 3.86. The van der Waals surface area contributed by atoms with Crippen molar-refractivity contribution in [2.24, 2.45) is 0 Å². The predicted octanol–water partition coefficient (Wildman–Crippen LogP) is 1.72. The minimum absolute atomic E-state index is 0.466. The molecule has 0 aliphatic heterocycles. The molecule has 0 aliphatic carbocycles. The molecule has 0 saturated heterocycles. The lowest BCUT2D eigenvalue weighted by Gasteiger charge is -1.99. The van der Waals surface area contributed by atoms with E-state index in [0.29, 0.717) is 16.5 Å². The maximum absolute atomic E-state index is 5.69. The van der Waals surface area contributed by atoms with Crippen LogP contribution in [0.15, 0.2) is 12.3 Å². The molecule has 0 unspecified atom stereocenters. The fourth-order valence-corrected chi connectivity index (χ4v) is 0.800. The lowest BCUT2D eigenvalue weighted by Crippen LogP contribution is -1.88. The molecule has 2 nitrogen and oxygen atoms in total. The van der Waals surface area contributed by atoms with Crippen molar-refractivity contribution in [2.45, 2.75) is 0 Å². The van der Waals surface area contributed by atoms with Gasteiger partial charge in [0.15, 0.2) is 0 Å². The van der Waals surface area contributed by atoms with E-state index in [2.05, 4.69) is 10.9 Å². The second-order valence-electron chi connectivity index (χ2n) is 1.85. The minimum Gasteiger partial charge on any atom is -0.481 e. The van der Waals surface area contributed by atoms with Gasteiger partial charge in [-0.05, 0) is 0 Å². The molecule has 1 aromatic heterocycles. The molecule has 0 saturated carbocycles. The van der Waals surface area contributed by atoms with Crippen LogP contribution in [0.25, 0.3) is 0 Å². The molecule has 56 valence electrons. The molecule has 0 fully saturated rings. The highest BCUT2D eigenvalue weighted by molar-refractivity contribution is 6.31. The number of halogens is 1. The minimum atomic E-state index is 0.466. The Hall–Kier alpha value is -1.20. The molecular formula is C8H6ClNO. The lowest BCUT2D eigenvalue weighted by atomic mass is 10.3. The Morgan fingerprint density at radius 2 is 2.45 bits per heavy atom. The third-order valence-electron chi connectivity index (χ3n) is 1.19. The zero-order valence-corrected chi connectivity index (χ0v) is 6.72. The molecule has 0 amide bonds. The van der Waals surface area contributed by atoms with Crippen molar-refractivity contribution in [2.75, 3.05) is 7.11 Å². The average Bonchev–Trinajstić information content (AvgIpc) is 2.05. The third kappa shape index (κ3) is 1.63. The second kappa shape index (κ2) is 3.27. The van der Waals surface area contributed by atoms with E-state index < -0.39 is 0 Å². The van der Waals surface area contributed by atoms with Crippen LogP contribution in [0.1, 0.15) is 5.56 Å². The van der Waals surface area contributed by atoms with Crippen LogP contribution in [0.3, 0.4) is 0 Å². The zero-order chi connectivity index (χ0) is 8.27. The summed E-state index contributed by atoms with van der Waals surface area (Å²) in [6.45, 7) is 0. The number of methoxy groups -OCH3 is 1. The van der Waals surface area contributed by atoms with Crippen molar-refractivity contribution < 1.29 is 4.74 Å². The van der Waals surface area contributed by atoms with Crippen molar-refractivity contribution in [3.05, 3.63) is 22.8 Å². The largest absolute Gasteiger partial charge is 0.481 e. The standard InChI is InChI=1S/C8H6ClNO/c1-3-6-4-8(11-2)10-5-7(6)9/h1,4-5H,2H3. The second-order valence-corrected chi connectivity index (χ2v) is 2.26. The Bertz CT molecular complexity index is 303. The van der Waals surface area contributed by atoms with E-state index in [1.54, 1.807) is 6.07 Å². The van der Waals surface area contributed by atoms with Crippen molar-refractivity contribution in [1.82, 2.24) is 4.98 Å². The fourth-order valence-electron chi connectivity index (χ4n) is 0.642. The van der Waals surface area contributed by atoms with Crippen LogP contribution < -0.4 is 4.74 Å². The number of aromatic nitrogens is 1. The zero-order valence-electron chi connectivity index (χ0n) is 5.97. The van der Waals surface area contributed by atoms with Gasteiger partial charge >= 0.3 is 0 Å². The van der Waals surface area contributed by atoms with Gasteiger partial charge in [0.25, 0.3) is 0 Å². The third-order valence-corrected chi connectivity index (χ3v) is 1.50. The number of nitrogens with zero attached hydrogens (tertiary/aromatic N) is 1. The summed E-state index contributed by atoms with van der Waals surface area (Å²) >= 11 is 5.69. The average molecular weight is 168 g/mol. The molecule has 0 aliphatic rings. The first-order valence-electron chi connectivity index (χ1n) is 2.94. The first kappa shape index (κ1) is 7.90. The van der Waals surface area contributed by atoms with Crippen LogP contribution in [-0.4, -0.2) is 12.1 Å². The molecular weight excluding hydrogens is 162 g/mol. The number of terminal acetylenes is 1. The number of rotatable bonds is 1. The van der Waals surface area contributed by atoms with Crippen molar-refractivity contribution in [1.29, 1.82) is 0 Å². The van der Waals surface area contributed by atoms with Crippen LogP contribution >= 0.6 is 11.6 Å². The Morgan fingerprint density at radius 3 is 3.00 bits per heavy atom. The highest BCUT2D eigenvalue weighted by atomic mass is 35.5. The van der Waals surface area contributed by atoms with Gasteiger partial charge in [0.1, 0.15) is 0 Å². The highest BCUT2D eigenvalue weighted by Gasteiger charge is 1.99. The molecule has 0 atom stereocenters.